The molecule has 1 heterocycles. The third-order valence-electron chi connectivity index (χ3n) is 3.16. The zero-order valence-corrected chi connectivity index (χ0v) is 14.5. The third kappa shape index (κ3) is 3.71. The molecule has 2 rings (SSSR count). The molecule has 7 heteroatoms. The second kappa shape index (κ2) is 6.29. The first-order valence-electron chi connectivity index (χ1n) is 7.12. The number of hydrogen-bond acceptors (Lipinski definition) is 5. The van der Waals surface area contributed by atoms with Crippen molar-refractivity contribution < 1.29 is 19.1 Å². The van der Waals surface area contributed by atoms with Crippen LogP contribution in [0, 0.1) is 0 Å². The van der Waals surface area contributed by atoms with Crippen LogP contribution < -0.4 is 0 Å². The summed E-state index contributed by atoms with van der Waals surface area (Å²) in [5.74, 6) is -0.331. The van der Waals surface area contributed by atoms with Crippen molar-refractivity contribution in [3.05, 3.63) is 28.9 Å². The van der Waals surface area contributed by atoms with Crippen LogP contribution in [0.25, 0.3) is 10.9 Å². The number of methoxy groups -OCH3 is 1. The van der Waals surface area contributed by atoms with Crippen molar-refractivity contribution in [2.75, 3.05) is 7.11 Å². The van der Waals surface area contributed by atoms with Gasteiger partial charge in [-0.05, 0) is 45.9 Å². The first-order valence-corrected chi connectivity index (χ1v) is 7.50. The Morgan fingerprint density at radius 1 is 1.30 bits per heavy atom. The first-order chi connectivity index (χ1) is 10.6. The Hall–Kier alpha value is -1.92. The molecule has 1 unspecified atom stereocenters. The molecule has 0 amide bonds. The highest BCUT2D eigenvalue weighted by Crippen LogP contribution is 2.25. The zero-order chi connectivity index (χ0) is 17.4. The van der Waals surface area contributed by atoms with Crippen molar-refractivity contribution >= 4 is 34.4 Å². The van der Waals surface area contributed by atoms with Gasteiger partial charge in [-0.2, -0.15) is 9.78 Å². The van der Waals surface area contributed by atoms with Crippen LogP contribution in [0.1, 0.15) is 38.2 Å². The monoisotopic (exact) mass is 338 g/mol. The van der Waals surface area contributed by atoms with Gasteiger partial charge in [-0.1, -0.05) is 11.6 Å². The molecule has 6 nitrogen and oxygen atoms in total. The van der Waals surface area contributed by atoms with Crippen LogP contribution in [0.2, 0.25) is 5.02 Å². The fraction of sp³-hybridized carbons (Fsp3) is 0.438. The molecule has 0 fully saturated rings. The van der Waals surface area contributed by atoms with Crippen LogP contribution in [-0.4, -0.2) is 40.5 Å². The van der Waals surface area contributed by atoms with E-state index in [1.165, 1.54) is 7.11 Å². The van der Waals surface area contributed by atoms with Crippen LogP contribution >= 0.6 is 11.6 Å². The quantitative estimate of drug-likeness (QED) is 0.798. The normalized spacial score (nSPS) is 13.1. The molecule has 124 valence electrons. The predicted molar refractivity (Wildman–Crippen MR) is 87.2 cm³/mol. The van der Waals surface area contributed by atoms with Crippen molar-refractivity contribution in [1.82, 2.24) is 9.78 Å². The third-order valence-corrected chi connectivity index (χ3v) is 3.40. The molecular formula is C16H19ClN2O4. The summed E-state index contributed by atoms with van der Waals surface area (Å²) >= 11 is 6.01. The molecule has 2 aromatic rings. The van der Waals surface area contributed by atoms with Crippen molar-refractivity contribution in [3.63, 3.8) is 0 Å². The van der Waals surface area contributed by atoms with E-state index < -0.39 is 17.8 Å². The number of Topliss-reactive ketones (excluding diaryl/α,β-unsaturated/α-hetero) is 1. The SMILES string of the molecule is COC(C)C(=O)c1nn(C(=O)OC(C)(C)C)c2ccc(Cl)cc12. The second-order valence-electron chi connectivity index (χ2n) is 6.14. The van der Waals surface area contributed by atoms with Crippen molar-refractivity contribution in [2.24, 2.45) is 0 Å². The van der Waals surface area contributed by atoms with Gasteiger partial charge in [0.05, 0.1) is 5.52 Å². The van der Waals surface area contributed by atoms with Crippen LogP contribution in [-0.2, 0) is 9.47 Å². The number of hydrogen-bond donors (Lipinski definition) is 0. The molecule has 0 N–H and O–H groups in total. The highest BCUT2D eigenvalue weighted by atomic mass is 35.5. The molecule has 0 aliphatic carbocycles. The number of nitrogens with zero attached hydrogens (tertiary/aromatic N) is 2. The van der Waals surface area contributed by atoms with Crippen LogP contribution in [0.15, 0.2) is 18.2 Å². The summed E-state index contributed by atoms with van der Waals surface area (Å²) in [4.78, 5) is 24.8. The van der Waals surface area contributed by atoms with Gasteiger partial charge in [-0.25, -0.2) is 4.79 Å². The van der Waals surface area contributed by atoms with Gasteiger partial charge in [-0.3, -0.25) is 4.79 Å². The van der Waals surface area contributed by atoms with E-state index in [0.717, 1.165) is 4.68 Å². The molecule has 0 aliphatic heterocycles. The molecule has 1 aromatic heterocycles. The number of carbonyl (C=O) groups excluding carboxylic acids is 2. The summed E-state index contributed by atoms with van der Waals surface area (Å²) < 4.78 is 11.5. The molecule has 23 heavy (non-hydrogen) atoms. The average molecular weight is 339 g/mol. The van der Waals surface area contributed by atoms with Crippen molar-refractivity contribution in [3.8, 4) is 0 Å². The highest BCUT2D eigenvalue weighted by Gasteiger charge is 2.26. The number of aromatic nitrogens is 2. The lowest BCUT2D eigenvalue weighted by atomic mass is 10.1. The fourth-order valence-corrected chi connectivity index (χ4v) is 2.19. The first kappa shape index (κ1) is 17.4. The Kier molecular flexibility index (Phi) is 4.77. The largest absolute Gasteiger partial charge is 0.442 e. The van der Waals surface area contributed by atoms with E-state index in [1.54, 1.807) is 45.9 Å². The average Bonchev–Trinajstić information content (AvgIpc) is 2.82. The van der Waals surface area contributed by atoms with E-state index in [1.807, 2.05) is 0 Å². The molecule has 0 aliphatic rings. The van der Waals surface area contributed by atoms with Gasteiger partial charge < -0.3 is 9.47 Å². The molecule has 1 atom stereocenters. The minimum atomic E-state index is -0.681. The van der Waals surface area contributed by atoms with Crippen LogP contribution in [0.5, 0.6) is 0 Å². The number of ketones is 1. The number of carbonyl (C=O) groups is 2. The molecule has 0 radical (unpaired) electrons. The van der Waals surface area contributed by atoms with Gasteiger partial charge in [-0.15, -0.1) is 0 Å². The Balaban J connectivity index is 2.59. The van der Waals surface area contributed by atoms with E-state index in [9.17, 15) is 9.59 Å². The van der Waals surface area contributed by atoms with Crippen molar-refractivity contribution in [1.29, 1.82) is 0 Å². The molecule has 0 saturated carbocycles. The lowest BCUT2D eigenvalue weighted by molar-refractivity contribution is 0.0520. The van der Waals surface area contributed by atoms with Crippen molar-refractivity contribution in [2.45, 2.75) is 39.4 Å². The van der Waals surface area contributed by atoms with E-state index in [0.29, 0.717) is 15.9 Å². The molecule has 0 bridgehead atoms. The summed E-state index contributed by atoms with van der Waals surface area (Å²) in [5, 5.41) is 5.07. The fourth-order valence-electron chi connectivity index (χ4n) is 2.02. The van der Waals surface area contributed by atoms with Gasteiger partial charge in [0.2, 0.25) is 5.78 Å². The van der Waals surface area contributed by atoms with Crippen LogP contribution in [0.3, 0.4) is 0 Å². The minimum Gasteiger partial charge on any atom is -0.442 e. The second-order valence-corrected chi connectivity index (χ2v) is 6.58. The van der Waals surface area contributed by atoms with Gasteiger partial charge in [0.25, 0.3) is 0 Å². The maximum Gasteiger partial charge on any atom is 0.435 e. The Morgan fingerprint density at radius 3 is 2.52 bits per heavy atom. The molecule has 1 aromatic carbocycles. The molecular weight excluding hydrogens is 320 g/mol. The summed E-state index contributed by atoms with van der Waals surface area (Å²) in [7, 11) is 1.43. The summed E-state index contributed by atoms with van der Waals surface area (Å²) in [5.41, 5.74) is -0.0933. The maximum absolute atomic E-state index is 12.4. The van der Waals surface area contributed by atoms with E-state index in [2.05, 4.69) is 5.10 Å². The smallest absolute Gasteiger partial charge is 0.435 e. The number of rotatable bonds is 3. The Labute approximate surface area is 139 Å². The number of benzene rings is 1. The number of fused-ring (bicyclic) bond motifs is 1. The highest BCUT2D eigenvalue weighted by molar-refractivity contribution is 6.31. The van der Waals surface area contributed by atoms with Gasteiger partial charge >= 0.3 is 6.09 Å². The van der Waals surface area contributed by atoms with Crippen LogP contribution in [0.4, 0.5) is 4.79 Å². The van der Waals surface area contributed by atoms with Gasteiger partial charge in [0.15, 0.2) is 0 Å². The van der Waals surface area contributed by atoms with E-state index in [-0.39, 0.29) is 11.5 Å². The summed E-state index contributed by atoms with van der Waals surface area (Å²) in [6, 6.07) is 4.85. The molecule has 0 spiro atoms. The van der Waals surface area contributed by atoms with E-state index in [4.69, 9.17) is 21.1 Å². The lowest BCUT2D eigenvalue weighted by Gasteiger charge is -2.19. The minimum absolute atomic E-state index is 0.128. The topological polar surface area (TPSA) is 70.4 Å². The molecule has 0 saturated heterocycles. The van der Waals surface area contributed by atoms with Gasteiger partial charge in [0, 0.05) is 17.5 Å². The number of halogens is 1. The summed E-state index contributed by atoms with van der Waals surface area (Å²) in [6.45, 7) is 6.89. The maximum atomic E-state index is 12.4. The standard InChI is InChI=1S/C16H19ClN2O4/c1-9(22-5)14(20)13-11-8-10(17)6-7-12(11)19(18-13)15(21)23-16(2,3)4/h6-9H,1-5H3. The summed E-state index contributed by atoms with van der Waals surface area (Å²) in [6.07, 6.45) is -1.34. The van der Waals surface area contributed by atoms with Gasteiger partial charge in [0.1, 0.15) is 17.4 Å². The Bertz CT molecular complexity index is 761. The Morgan fingerprint density at radius 2 is 1.96 bits per heavy atom. The zero-order valence-electron chi connectivity index (χ0n) is 13.7. The van der Waals surface area contributed by atoms with E-state index >= 15 is 0 Å². The predicted octanol–water partition coefficient (Wildman–Crippen LogP) is 3.69. The lowest BCUT2D eigenvalue weighted by Crippen LogP contribution is -2.28. The number of ether oxygens (including phenoxy) is 2.